The highest BCUT2D eigenvalue weighted by Crippen LogP contribution is 2.04. The average Bonchev–Trinajstić information content (AvgIpc) is 2.34. The van der Waals surface area contributed by atoms with Gasteiger partial charge in [-0.15, -0.1) is 0 Å². The van der Waals surface area contributed by atoms with Crippen LogP contribution in [0.5, 0.6) is 0 Å². The van der Waals surface area contributed by atoms with Crippen molar-refractivity contribution in [1.29, 1.82) is 0 Å². The molecule has 17 heavy (non-hydrogen) atoms. The van der Waals surface area contributed by atoms with Crippen LogP contribution < -0.4 is 11.1 Å². The molecule has 1 heterocycles. The summed E-state index contributed by atoms with van der Waals surface area (Å²) in [5.41, 5.74) is 6.14. The zero-order valence-corrected chi connectivity index (χ0v) is 10.9. The first kappa shape index (κ1) is 13.9. The highest BCUT2D eigenvalue weighted by molar-refractivity contribution is 7.80. The molecule has 0 saturated heterocycles. The van der Waals surface area contributed by atoms with E-state index in [1.807, 2.05) is 12.1 Å². The van der Waals surface area contributed by atoms with Crippen molar-refractivity contribution in [2.45, 2.75) is 19.8 Å². The van der Waals surface area contributed by atoms with Crippen molar-refractivity contribution in [2.75, 3.05) is 25.1 Å². The molecule has 0 spiro atoms. The SMILES string of the molecule is CCCCOCCNc1cccc(C(N)=S)n1. The Labute approximate surface area is 108 Å². The lowest BCUT2D eigenvalue weighted by Crippen LogP contribution is -2.14. The van der Waals surface area contributed by atoms with Crippen molar-refractivity contribution in [1.82, 2.24) is 4.98 Å². The number of thiocarbonyl (C=S) groups is 1. The quantitative estimate of drug-likeness (QED) is 0.548. The van der Waals surface area contributed by atoms with E-state index >= 15 is 0 Å². The number of aromatic nitrogens is 1. The Morgan fingerprint density at radius 2 is 2.29 bits per heavy atom. The van der Waals surface area contributed by atoms with Crippen LogP contribution in [0.4, 0.5) is 5.82 Å². The van der Waals surface area contributed by atoms with Gasteiger partial charge in [0.25, 0.3) is 0 Å². The molecule has 0 aliphatic carbocycles. The van der Waals surface area contributed by atoms with Gasteiger partial charge in [0.2, 0.25) is 0 Å². The summed E-state index contributed by atoms with van der Waals surface area (Å²) in [4.78, 5) is 4.59. The fourth-order valence-corrected chi connectivity index (χ4v) is 1.38. The van der Waals surface area contributed by atoms with Gasteiger partial charge >= 0.3 is 0 Å². The summed E-state index contributed by atoms with van der Waals surface area (Å²) < 4.78 is 5.43. The Morgan fingerprint density at radius 1 is 1.47 bits per heavy atom. The van der Waals surface area contributed by atoms with Crippen molar-refractivity contribution in [2.24, 2.45) is 5.73 Å². The molecule has 0 aromatic carbocycles. The molecule has 0 saturated carbocycles. The predicted molar refractivity (Wildman–Crippen MR) is 74.3 cm³/mol. The molecule has 0 aliphatic rings. The lowest BCUT2D eigenvalue weighted by molar-refractivity contribution is 0.141. The Bertz CT molecular complexity index is 357. The molecule has 0 bridgehead atoms. The van der Waals surface area contributed by atoms with Crippen molar-refractivity contribution in [3.8, 4) is 0 Å². The normalized spacial score (nSPS) is 10.2. The Kier molecular flexibility index (Phi) is 6.50. The standard InChI is InChI=1S/C12H19N3OS/c1-2-3-8-16-9-7-14-11-6-4-5-10(15-11)12(13)17/h4-6H,2-3,7-9H2,1H3,(H2,13,17)(H,14,15). The maximum Gasteiger partial charge on any atom is 0.126 e. The number of nitrogens with zero attached hydrogens (tertiary/aromatic N) is 1. The summed E-state index contributed by atoms with van der Waals surface area (Å²) in [6.45, 7) is 4.38. The van der Waals surface area contributed by atoms with E-state index in [0.717, 1.165) is 31.8 Å². The first-order chi connectivity index (χ1) is 8.24. The number of unbranched alkanes of at least 4 members (excludes halogenated alkanes) is 1. The van der Waals surface area contributed by atoms with E-state index in [1.165, 1.54) is 0 Å². The van der Waals surface area contributed by atoms with Gasteiger partial charge in [-0.3, -0.25) is 0 Å². The number of hydrogen-bond donors (Lipinski definition) is 2. The van der Waals surface area contributed by atoms with Crippen LogP contribution in [-0.2, 0) is 4.74 Å². The Morgan fingerprint density at radius 3 is 3.00 bits per heavy atom. The molecule has 0 radical (unpaired) electrons. The topological polar surface area (TPSA) is 60.2 Å². The van der Waals surface area contributed by atoms with Crippen LogP contribution in [-0.4, -0.2) is 29.7 Å². The van der Waals surface area contributed by atoms with Crippen LogP contribution in [0.2, 0.25) is 0 Å². The maximum atomic E-state index is 5.51. The summed E-state index contributed by atoms with van der Waals surface area (Å²) in [5, 5.41) is 3.17. The molecule has 5 heteroatoms. The van der Waals surface area contributed by atoms with Gasteiger partial charge in [-0.1, -0.05) is 31.6 Å². The molecule has 94 valence electrons. The zero-order chi connectivity index (χ0) is 12.5. The molecule has 0 amide bonds. The number of anilines is 1. The monoisotopic (exact) mass is 253 g/mol. The molecule has 0 atom stereocenters. The lowest BCUT2D eigenvalue weighted by Gasteiger charge is -2.07. The van der Waals surface area contributed by atoms with Crippen molar-refractivity contribution in [3.05, 3.63) is 23.9 Å². The number of pyridine rings is 1. The van der Waals surface area contributed by atoms with Crippen LogP contribution >= 0.6 is 12.2 Å². The van der Waals surface area contributed by atoms with E-state index in [4.69, 9.17) is 22.7 Å². The molecule has 0 aliphatic heterocycles. The highest BCUT2D eigenvalue weighted by atomic mass is 32.1. The fraction of sp³-hybridized carbons (Fsp3) is 0.500. The van der Waals surface area contributed by atoms with Gasteiger partial charge in [0, 0.05) is 13.2 Å². The third kappa shape index (κ3) is 5.60. The average molecular weight is 253 g/mol. The second kappa shape index (κ2) is 7.97. The van der Waals surface area contributed by atoms with Gasteiger partial charge < -0.3 is 15.8 Å². The minimum atomic E-state index is 0.313. The smallest absolute Gasteiger partial charge is 0.126 e. The molecule has 0 fully saturated rings. The van der Waals surface area contributed by atoms with E-state index in [-0.39, 0.29) is 0 Å². The summed E-state index contributed by atoms with van der Waals surface area (Å²) in [6, 6.07) is 5.56. The fourth-order valence-electron chi connectivity index (χ4n) is 1.27. The number of hydrogen-bond acceptors (Lipinski definition) is 4. The van der Waals surface area contributed by atoms with Crippen LogP contribution in [0.15, 0.2) is 18.2 Å². The highest BCUT2D eigenvalue weighted by Gasteiger charge is 1.99. The second-order valence-electron chi connectivity index (χ2n) is 3.67. The minimum Gasteiger partial charge on any atom is -0.388 e. The Hall–Kier alpha value is -1.20. The van der Waals surface area contributed by atoms with Gasteiger partial charge in [0.05, 0.1) is 12.3 Å². The van der Waals surface area contributed by atoms with Crippen molar-refractivity contribution >= 4 is 23.0 Å². The molecule has 4 nitrogen and oxygen atoms in total. The van der Waals surface area contributed by atoms with Gasteiger partial charge in [-0.2, -0.15) is 0 Å². The molecular formula is C12H19N3OS. The molecule has 0 unspecified atom stereocenters. The Balaban J connectivity index is 2.27. The van der Waals surface area contributed by atoms with Gasteiger partial charge in [0.15, 0.2) is 0 Å². The number of ether oxygens (including phenoxy) is 1. The molecule has 1 rings (SSSR count). The summed E-state index contributed by atoms with van der Waals surface area (Å²) in [6.07, 6.45) is 2.26. The molecule has 3 N–H and O–H groups in total. The van der Waals surface area contributed by atoms with E-state index in [2.05, 4.69) is 17.2 Å². The largest absolute Gasteiger partial charge is 0.388 e. The predicted octanol–water partition coefficient (Wildman–Crippen LogP) is 1.94. The maximum absolute atomic E-state index is 5.51. The third-order valence-corrected chi connectivity index (χ3v) is 2.41. The van der Waals surface area contributed by atoms with Crippen LogP contribution in [0, 0.1) is 0 Å². The van der Waals surface area contributed by atoms with Crippen LogP contribution in [0.1, 0.15) is 25.5 Å². The first-order valence-corrected chi connectivity index (χ1v) is 6.23. The molecular weight excluding hydrogens is 234 g/mol. The summed E-state index contributed by atoms with van der Waals surface area (Å²) in [5.74, 6) is 0.773. The summed E-state index contributed by atoms with van der Waals surface area (Å²) in [7, 11) is 0. The van der Waals surface area contributed by atoms with Gasteiger partial charge in [-0.05, 0) is 18.6 Å². The number of nitrogens with one attached hydrogen (secondary N) is 1. The van der Waals surface area contributed by atoms with Gasteiger partial charge in [-0.25, -0.2) is 4.98 Å². The second-order valence-corrected chi connectivity index (χ2v) is 4.10. The molecule has 1 aromatic heterocycles. The van der Waals surface area contributed by atoms with Gasteiger partial charge in [0.1, 0.15) is 10.8 Å². The van der Waals surface area contributed by atoms with E-state index in [0.29, 0.717) is 17.3 Å². The van der Waals surface area contributed by atoms with E-state index in [1.54, 1.807) is 6.07 Å². The minimum absolute atomic E-state index is 0.313. The van der Waals surface area contributed by atoms with Crippen molar-refractivity contribution < 1.29 is 4.74 Å². The molecule has 1 aromatic rings. The summed E-state index contributed by atoms with van der Waals surface area (Å²) >= 11 is 4.87. The lowest BCUT2D eigenvalue weighted by atomic mass is 10.3. The van der Waals surface area contributed by atoms with Crippen LogP contribution in [0.25, 0.3) is 0 Å². The first-order valence-electron chi connectivity index (χ1n) is 5.82. The third-order valence-electron chi connectivity index (χ3n) is 2.20. The number of rotatable bonds is 8. The number of nitrogens with two attached hydrogens (primary N) is 1. The van der Waals surface area contributed by atoms with E-state index < -0.39 is 0 Å². The van der Waals surface area contributed by atoms with E-state index in [9.17, 15) is 0 Å². The van der Waals surface area contributed by atoms with Crippen LogP contribution in [0.3, 0.4) is 0 Å². The zero-order valence-electron chi connectivity index (χ0n) is 10.1. The van der Waals surface area contributed by atoms with Crippen molar-refractivity contribution in [3.63, 3.8) is 0 Å².